The monoisotopic (exact) mass is 331 g/mol. The fourth-order valence-corrected chi connectivity index (χ4v) is 3.27. The fraction of sp³-hybridized carbons (Fsp3) is 0.200. The van der Waals surface area contributed by atoms with Gasteiger partial charge in [-0.2, -0.15) is 0 Å². The van der Waals surface area contributed by atoms with Gasteiger partial charge in [-0.15, -0.1) is 0 Å². The number of aromatic nitrogens is 2. The highest BCUT2D eigenvalue weighted by molar-refractivity contribution is 5.78. The molecule has 0 unspecified atom stereocenters. The molecule has 1 aliphatic heterocycles. The van der Waals surface area contributed by atoms with Crippen LogP contribution >= 0.6 is 0 Å². The molecule has 1 aromatic heterocycles. The smallest absolute Gasteiger partial charge is 0.159 e. The molecule has 3 N–H and O–H groups in total. The zero-order valence-corrected chi connectivity index (χ0v) is 14.2. The highest BCUT2D eigenvalue weighted by Crippen LogP contribution is 2.31. The molecule has 3 aromatic rings. The molecule has 0 spiro atoms. The first-order valence-electron chi connectivity index (χ1n) is 8.46. The lowest BCUT2D eigenvalue weighted by Gasteiger charge is -2.30. The van der Waals surface area contributed by atoms with Crippen molar-refractivity contribution >= 4 is 23.0 Å². The topological polar surface area (TPSA) is 67.1 Å². The molecular weight excluding hydrogens is 310 g/mol. The van der Waals surface area contributed by atoms with Gasteiger partial charge in [-0.05, 0) is 42.2 Å². The van der Waals surface area contributed by atoms with E-state index in [1.165, 1.54) is 16.7 Å². The summed E-state index contributed by atoms with van der Waals surface area (Å²) in [6.45, 7) is 3.79. The summed E-state index contributed by atoms with van der Waals surface area (Å²) in [6.07, 6.45) is 2.57. The van der Waals surface area contributed by atoms with Crippen molar-refractivity contribution in [2.24, 2.45) is 0 Å². The third kappa shape index (κ3) is 3.13. The van der Waals surface area contributed by atoms with Gasteiger partial charge in [-0.25, -0.2) is 9.97 Å². The number of fused-ring (bicyclic) bond motifs is 1. The Labute approximate surface area is 147 Å². The zero-order valence-electron chi connectivity index (χ0n) is 14.2. The van der Waals surface area contributed by atoms with Gasteiger partial charge < -0.3 is 16.0 Å². The second kappa shape index (κ2) is 6.43. The summed E-state index contributed by atoms with van der Waals surface area (Å²) in [5.74, 6) is 1.44. The molecule has 0 aliphatic carbocycles. The number of aryl methyl sites for hydroxylation is 1. The Bertz CT molecular complexity index is 906. The van der Waals surface area contributed by atoms with Crippen LogP contribution in [0.1, 0.15) is 16.7 Å². The summed E-state index contributed by atoms with van der Waals surface area (Å²) in [7, 11) is 0. The molecule has 2 aromatic carbocycles. The van der Waals surface area contributed by atoms with Gasteiger partial charge in [0.05, 0.1) is 0 Å². The van der Waals surface area contributed by atoms with Crippen molar-refractivity contribution in [2.45, 2.75) is 19.9 Å². The van der Waals surface area contributed by atoms with Gasteiger partial charge in [0.25, 0.3) is 0 Å². The van der Waals surface area contributed by atoms with Crippen molar-refractivity contribution in [3.63, 3.8) is 0 Å². The summed E-state index contributed by atoms with van der Waals surface area (Å²) in [5.41, 5.74) is 11.9. The Morgan fingerprint density at radius 3 is 2.72 bits per heavy atom. The van der Waals surface area contributed by atoms with Gasteiger partial charge >= 0.3 is 0 Å². The van der Waals surface area contributed by atoms with E-state index in [1.54, 1.807) is 6.33 Å². The molecule has 2 heterocycles. The molecular formula is C20H21N5. The van der Waals surface area contributed by atoms with Gasteiger partial charge in [-0.1, -0.05) is 36.4 Å². The minimum absolute atomic E-state index is 0.586. The Morgan fingerprint density at radius 2 is 1.88 bits per heavy atom. The minimum Gasteiger partial charge on any atom is -0.393 e. The molecule has 25 heavy (non-hydrogen) atoms. The highest BCUT2D eigenvalue weighted by Gasteiger charge is 2.20. The Hall–Kier alpha value is -3.08. The minimum atomic E-state index is 0.586. The molecule has 0 fully saturated rings. The second-order valence-corrected chi connectivity index (χ2v) is 6.39. The van der Waals surface area contributed by atoms with Crippen LogP contribution < -0.4 is 16.0 Å². The quantitative estimate of drug-likeness (QED) is 0.766. The van der Waals surface area contributed by atoms with Gasteiger partial charge in [0.1, 0.15) is 12.0 Å². The summed E-state index contributed by atoms with van der Waals surface area (Å²) in [5, 5.41) is 3.31. The summed E-state index contributed by atoms with van der Waals surface area (Å²) in [4.78, 5) is 11.0. The molecule has 0 atom stereocenters. The second-order valence-electron chi connectivity index (χ2n) is 6.39. The fourth-order valence-electron chi connectivity index (χ4n) is 3.27. The Kier molecular flexibility index (Phi) is 3.98. The summed E-state index contributed by atoms with van der Waals surface area (Å²) < 4.78 is 0. The third-order valence-electron chi connectivity index (χ3n) is 4.57. The number of hydrogen-bond acceptors (Lipinski definition) is 5. The van der Waals surface area contributed by atoms with Crippen LogP contribution in [0, 0.1) is 6.92 Å². The molecule has 0 amide bonds. The van der Waals surface area contributed by atoms with Crippen molar-refractivity contribution in [3.05, 3.63) is 71.5 Å². The van der Waals surface area contributed by atoms with Crippen molar-refractivity contribution in [2.75, 3.05) is 22.5 Å². The third-order valence-corrected chi connectivity index (χ3v) is 4.57. The maximum atomic E-state index is 6.39. The van der Waals surface area contributed by atoms with Crippen LogP contribution in [0.15, 0.2) is 54.9 Å². The maximum Gasteiger partial charge on any atom is 0.159 e. The number of anilines is 4. The summed E-state index contributed by atoms with van der Waals surface area (Å²) >= 11 is 0. The van der Waals surface area contributed by atoms with Gasteiger partial charge in [0, 0.05) is 18.8 Å². The van der Waals surface area contributed by atoms with E-state index in [9.17, 15) is 0 Å². The SMILES string of the molecule is Cc1cccc(Nc2ncnc(N3CCc4ccccc4C3)c2N)c1. The Balaban J connectivity index is 1.61. The van der Waals surface area contributed by atoms with Crippen LogP contribution in [0.25, 0.3) is 0 Å². The number of nitrogens with two attached hydrogens (primary N) is 1. The van der Waals surface area contributed by atoms with Crippen molar-refractivity contribution in [3.8, 4) is 0 Å². The molecule has 0 bridgehead atoms. The van der Waals surface area contributed by atoms with Crippen LogP contribution in [0.3, 0.4) is 0 Å². The van der Waals surface area contributed by atoms with E-state index >= 15 is 0 Å². The molecule has 0 saturated heterocycles. The van der Waals surface area contributed by atoms with E-state index in [0.717, 1.165) is 31.0 Å². The van der Waals surface area contributed by atoms with Crippen molar-refractivity contribution in [1.29, 1.82) is 0 Å². The van der Waals surface area contributed by atoms with Crippen LogP contribution in [-0.4, -0.2) is 16.5 Å². The number of nitrogens with zero attached hydrogens (tertiary/aromatic N) is 3. The van der Waals surface area contributed by atoms with E-state index in [2.05, 4.69) is 63.5 Å². The van der Waals surface area contributed by atoms with Crippen LogP contribution in [0.2, 0.25) is 0 Å². The molecule has 0 saturated carbocycles. The van der Waals surface area contributed by atoms with Gasteiger partial charge in [0.2, 0.25) is 0 Å². The lowest BCUT2D eigenvalue weighted by molar-refractivity contribution is 0.721. The largest absolute Gasteiger partial charge is 0.393 e. The van der Waals surface area contributed by atoms with Crippen molar-refractivity contribution in [1.82, 2.24) is 9.97 Å². The number of hydrogen-bond donors (Lipinski definition) is 2. The first-order valence-corrected chi connectivity index (χ1v) is 8.46. The average molecular weight is 331 g/mol. The highest BCUT2D eigenvalue weighted by atomic mass is 15.2. The van der Waals surface area contributed by atoms with E-state index < -0.39 is 0 Å². The molecule has 0 radical (unpaired) electrons. The van der Waals surface area contributed by atoms with Crippen LogP contribution in [0.4, 0.5) is 23.0 Å². The molecule has 4 rings (SSSR count). The lowest BCUT2D eigenvalue weighted by Crippen LogP contribution is -2.31. The first kappa shape index (κ1) is 15.4. The molecule has 5 heteroatoms. The van der Waals surface area contributed by atoms with Gasteiger partial charge in [-0.3, -0.25) is 0 Å². The summed E-state index contributed by atoms with van der Waals surface area (Å²) in [6, 6.07) is 16.7. The number of nitrogen functional groups attached to an aromatic ring is 1. The van der Waals surface area contributed by atoms with Gasteiger partial charge in [0.15, 0.2) is 11.6 Å². The van der Waals surface area contributed by atoms with E-state index in [-0.39, 0.29) is 0 Å². The predicted octanol–water partition coefficient (Wildman–Crippen LogP) is 3.67. The van der Waals surface area contributed by atoms with Crippen molar-refractivity contribution < 1.29 is 0 Å². The maximum absolute atomic E-state index is 6.39. The normalized spacial score (nSPS) is 13.4. The molecule has 126 valence electrons. The van der Waals surface area contributed by atoms with Crippen LogP contribution in [-0.2, 0) is 13.0 Å². The van der Waals surface area contributed by atoms with E-state index in [0.29, 0.717) is 11.5 Å². The van der Waals surface area contributed by atoms with E-state index in [1.807, 2.05) is 12.1 Å². The number of nitrogens with one attached hydrogen (secondary N) is 1. The number of rotatable bonds is 3. The first-order chi connectivity index (χ1) is 12.2. The average Bonchev–Trinajstić information content (AvgIpc) is 2.63. The predicted molar refractivity (Wildman–Crippen MR) is 102 cm³/mol. The molecule has 5 nitrogen and oxygen atoms in total. The van der Waals surface area contributed by atoms with E-state index in [4.69, 9.17) is 5.73 Å². The zero-order chi connectivity index (χ0) is 17.2. The standard InChI is InChI=1S/C20H21N5/c1-14-5-4-8-17(11-14)24-19-18(21)20(23-13-22-19)25-10-9-15-6-2-3-7-16(15)12-25/h2-8,11,13H,9-10,12,21H2,1H3,(H,22,23,24). The Morgan fingerprint density at radius 1 is 1.04 bits per heavy atom. The molecule has 1 aliphatic rings. The van der Waals surface area contributed by atoms with Crippen LogP contribution in [0.5, 0.6) is 0 Å². The number of benzene rings is 2. The lowest BCUT2D eigenvalue weighted by atomic mass is 10.00.